The summed E-state index contributed by atoms with van der Waals surface area (Å²) in [6, 6.07) is 9.46. The summed E-state index contributed by atoms with van der Waals surface area (Å²) in [5.74, 6) is -0.608. The average molecular weight is 406 g/mol. The second-order valence-corrected chi connectivity index (χ2v) is 7.35. The van der Waals surface area contributed by atoms with E-state index < -0.39 is 23.8 Å². The Morgan fingerprint density at radius 2 is 1.79 bits per heavy atom. The maximum Gasteiger partial charge on any atom is 0.433 e. The highest BCUT2D eigenvalue weighted by Crippen LogP contribution is 2.34. The molecule has 5 nitrogen and oxygen atoms in total. The lowest BCUT2D eigenvalue weighted by Gasteiger charge is -2.34. The minimum Gasteiger partial charge on any atom is -0.336 e. The topological polar surface area (TPSA) is 41.4 Å². The summed E-state index contributed by atoms with van der Waals surface area (Å²) in [4.78, 5) is 16.4. The van der Waals surface area contributed by atoms with Gasteiger partial charge in [-0.25, -0.2) is 0 Å². The van der Waals surface area contributed by atoms with E-state index in [4.69, 9.17) is 0 Å². The van der Waals surface area contributed by atoms with E-state index in [0.717, 1.165) is 23.0 Å². The van der Waals surface area contributed by atoms with Crippen LogP contribution in [0.1, 0.15) is 41.5 Å². The fourth-order valence-corrected chi connectivity index (χ4v) is 3.40. The lowest BCUT2D eigenvalue weighted by molar-refractivity contribution is -0.145. The van der Waals surface area contributed by atoms with Gasteiger partial charge in [0.25, 0.3) is 5.91 Å². The Balaban J connectivity index is 1.61. The van der Waals surface area contributed by atoms with E-state index in [2.05, 4.69) is 16.1 Å². The van der Waals surface area contributed by atoms with Crippen molar-refractivity contribution in [3.63, 3.8) is 0 Å². The fraction of sp³-hybridized carbons (Fsp3) is 0.429. The standard InChI is InChI=1S/C21H25F3N4O/c1-16(2)28-19(21(22,23)24)18(15-25-28)20(29)27-13-11-26(12-14-27)10-6-9-17-7-4-3-5-8-17/h3-9,15-16H,10-14H2,1-2H3/b9-6+. The molecule has 156 valence electrons. The van der Waals surface area contributed by atoms with Crippen molar-refractivity contribution in [1.29, 1.82) is 0 Å². The lowest BCUT2D eigenvalue weighted by atomic mass is 10.1. The number of benzene rings is 1. The predicted molar refractivity (Wildman–Crippen MR) is 105 cm³/mol. The van der Waals surface area contributed by atoms with Gasteiger partial charge in [-0.1, -0.05) is 42.5 Å². The van der Waals surface area contributed by atoms with Crippen LogP contribution >= 0.6 is 0 Å². The van der Waals surface area contributed by atoms with Crippen LogP contribution in [0.2, 0.25) is 0 Å². The molecule has 3 rings (SSSR count). The smallest absolute Gasteiger partial charge is 0.336 e. The number of nitrogens with zero attached hydrogens (tertiary/aromatic N) is 4. The zero-order valence-electron chi connectivity index (χ0n) is 16.6. The van der Waals surface area contributed by atoms with Crippen LogP contribution in [0.15, 0.2) is 42.6 Å². The van der Waals surface area contributed by atoms with Gasteiger partial charge in [-0.05, 0) is 19.4 Å². The summed E-state index contributed by atoms with van der Waals surface area (Å²) in [5, 5.41) is 3.81. The van der Waals surface area contributed by atoms with Gasteiger partial charge in [-0.15, -0.1) is 0 Å². The maximum atomic E-state index is 13.5. The van der Waals surface area contributed by atoms with Crippen molar-refractivity contribution >= 4 is 12.0 Å². The van der Waals surface area contributed by atoms with Crippen LogP contribution in [0, 0.1) is 0 Å². The van der Waals surface area contributed by atoms with Gasteiger partial charge in [-0.2, -0.15) is 18.3 Å². The van der Waals surface area contributed by atoms with Gasteiger partial charge in [0.15, 0.2) is 5.69 Å². The number of alkyl halides is 3. The summed E-state index contributed by atoms with van der Waals surface area (Å²) in [7, 11) is 0. The van der Waals surface area contributed by atoms with Crippen molar-refractivity contribution in [2.75, 3.05) is 32.7 Å². The quantitative estimate of drug-likeness (QED) is 0.755. The molecule has 29 heavy (non-hydrogen) atoms. The number of carbonyl (C=O) groups excluding carboxylic acids is 1. The highest BCUT2D eigenvalue weighted by molar-refractivity contribution is 5.95. The molecule has 2 heterocycles. The average Bonchev–Trinajstić information content (AvgIpc) is 3.15. The summed E-state index contributed by atoms with van der Waals surface area (Å²) in [6.45, 7) is 5.96. The molecule has 1 aromatic carbocycles. The predicted octanol–water partition coefficient (Wildman–Crippen LogP) is 3.95. The van der Waals surface area contributed by atoms with Gasteiger partial charge in [0, 0.05) is 38.8 Å². The molecule has 0 atom stereocenters. The molecule has 0 radical (unpaired) electrons. The Bertz CT molecular complexity index is 851. The molecule has 1 amide bonds. The summed E-state index contributed by atoms with van der Waals surface area (Å²) < 4.78 is 41.4. The third-order valence-corrected chi connectivity index (χ3v) is 4.92. The Morgan fingerprint density at radius 3 is 2.38 bits per heavy atom. The van der Waals surface area contributed by atoms with Gasteiger partial charge >= 0.3 is 6.18 Å². The highest BCUT2D eigenvalue weighted by Gasteiger charge is 2.41. The number of halogens is 3. The van der Waals surface area contributed by atoms with Crippen LogP contribution in [-0.4, -0.2) is 58.2 Å². The maximum absolute atomic E-state index is 13.5. The molecule has 1 aromatic heterocycles. The van der Waals surface area contributed by atoms with E-state index in [-0.39, 0.29) is 5.56 Å². The van der Waals surface area contributed by atoms with Crippen molar-refractivity contribution in [2.24, 2.45) is 0 Å². The van der Waals surface area contributed by atoms with Crippen LogP contribution in [-0.2, 0) is 6.18 Å². The van der Waals surface area contributed by atoms with E-state index in [1.54, 1.807) is 13.8 Å². The molecule has 1 aliphatic heterocycles. The molecular weight excluding hydrogens is 381 g/mol. The fourth-order valence-electron chi connectivity index (χ4n) is 3.40. The summed E-state index contributed by atoms with van der Waals surface area (Å²) in [6.07, 6.45) is 0.505. The minimum atomic E-state index is -4.63. The van der Waals surface area contributed by atoms with Gasteiger partial charge in [0.1, 0.15) is 0 Å². The van der Waals surface area contributed by atoms with E-state index in [0.29, 0.717) is 26.2 Å². The van der Waals surface area contributed by atoms with Gasteiger partial charge < -0.3 is 4.90 Å². The summed E-state index contributed by atoms with van der Waals surface area (Å²) >= 11 is 0. The Morgan fingerprint density at radius 1 is 1.14 bits per heavy atom. The van der Waals surface area contributed by atoms with Crippen molar-refractivity contribution in [1.82, 2.24) is 19.6 Å². The normalized spacial score (nSPS) is 16.1. The first kappa shape index (κ1) is 21.1. The molecule has 0 spiro atoms. The van der Waals surface area contributed by atoms with Crippen LogP contribution in [0.3, 0.4) is 0 Å². The largest absolute Gasteiger partial charge is 0.433 e. The molecule has 1 aliphatic rings. The van der Waals surface area contributed by atoms with Crippen molar-refractivity contribution in [3.8, 4) is 0 Å². The second kappa shape index (κ2) is 8.82. The monoisotopic (exact) mass is 406 g/mol. The first-order valence-electron chi connectivity index (χ1n) is 9.65. The number of piperazine rings is 1. The highest BCUT2D eigenvalue weighted by atomic mass is 19.4. The Hall–Kier alpha value is -2.61. The SMILES string of the molecule is CC(C)n1ncc(C(=O)N2CCN(C/C=C/c3ccccc3)CC2)c1C(F)(F)F. The van der Waals surface area contributed by atoms with E-state index in [1.807, 2.05) is 36.4 Å². The molecule has 1 fully saturated rings. The number of carbonyl (C=O) groups is 1. The first-order valence-corrected chi connectivity index (χ1v) is 9.65. The van der Waals surface area contributed by atoms with Crippen LogP contribution in [0.4, 0.5) is 13.2 Å². The third kappa shape index (κ3) is 5.06. The zero-order chi connectivity index (χ0) is 21.0. The Kier molecular flexibility index (Phi) is 6.42. The van der Waals surface area contributed by atoms with Crippen molar-refractivity contribution in [3.05, 3.63) is 59.4 Å². The number of aromatic nitrogens is 2. The van der Waals surface area contributed by atoms with Gasteiger partial charge in [0.2, 0.25) is 0 Å². The zero-order valence-corrected chi connectivity index (χ0v) is 16.6. The lowest BCUT2D eigenvalue weighted by Crippen LogP contribution is -2.48. The molecule has 0 aliphatic carbocycles. The number of hydrogen-bond donors (Lipinski definition) is 0. The first-order chi connectivity index (χ1) is 13.8. The molecule has 0 N–H and O–H groups in total. The minimum absolute atomic E-state index is 0.372. The molecule has 2 aromatic rings. The second-order valence-electron chi connectivity index (χ2n) is 7.35. The molecule has 0 saturated carbocycles. The molecule has 0 unspecified atom stereocenters. The van der Waals surface area contributed by atoms with E-state index >= 15 is 0 Å². The van der Waals surface area contributed by atoms with Crippen LogP contribution < -0.4 is 0 Å². The number of hydrogen-bond acceptors (Lipinski definition) is 3. The van der Waals surface area contributed by atoms with Crippen molar-refractivity contribution < 1.29 is 18.0 Å². The Labute approximate surface area is 168 Å². The van der Waals surface area contributed by atoms with Crippen LogP contribution in [0.5, 0.6) is 0 Å². The molecular formula is C21H25F3N4O. The number of amides is 1. The number of rotatable bonds is 5. The van der Waals surface area contributed by atoms with Crippen LogP contribution in [0.25, 0.3) is 6.08 Å². The molecule has 8 heteroatoms. The van der Waals surface area contributed by atoms with E-state index in [1.165, 1.54) is 4.90 Å². The van der Waals surface area contributed by atoms with Crippen molar-refractivity contribution in [2.45, 2.75) is 26.1 Å². The third-order valence-electron chi connectivity index (χ3n) is 4.92. The van der Waals surface area contributed by atoms with E-state index in [9.17, 15) is 18.0 Å². The van der Waals surface area contributed by atoms with Gasteiger partial charge in [-0.3, -0.25) is 14.4 Å². The molecule has 0 bridgehead atoms. The van der Waals surface area contributed by atoms with Gasteiger partial charge in [0.05, 0.1) is 11.8 Å². The summed E-state index contributed by atoms with van der Waals surface area (Å²) in [5.41, 5.74) is -0.225. The molecule has 1 saturated heterocycles.